The Balaban J connectivity index is 1.42. The van der Waals surface area contributed by atoms with Crippen LogP contribution in [0.25, 0.3) is 0 Å². The Kier molecular flexibility index (Phi) is 3.21. The first kappa shape index (κ1) is 11.0. The number of hydrogen-bond acceptors (Lipinski definition) is 2. The summed E-state index contributed by atoms with van der Waals surface area (Å²) in [7, 11) is 0. The van der Waals surface area contributed by atoms with Gasteiger partial charge in [-0.05, 0) is 88.4 Å². The minimum atomic E-state index is 0.794. The van der Waals surface area contributed by atoms with E-state index in [4.69, 9.17) is 0 Å². The van der Waals surface area contributed by atoms with Crippen LogP contribution in [-0.4, -0.2) is 26.2 Å². The van der Waals surface area contributed by atoms with Gasteiger partial charge < -0.3 is 10.6 Å². The lowest BCUT2D eigenvalue weighted by Gasteiger charge is -2.51. The lowest BCUT2D eigenvalue weighted by atomic mass is 9.56. The third-order valence-electron chi connectivity index (χ3n) is 5.23. The minimum absolute atomic E-state index is 0.794. The van der Waals surface area contributed by atoms with Crippen molar-refractivity contribution in [1.82, 2.24) is 10.6 Å². The Hall–Kier alpha value is -0.0800. The summed E-state index contributed by atoms with van der Waals surface area (Å²) in [6.45, 7) is 5.10. The van der Waals surface area contributed by atoms with Gasteiger partial charge in [0.25, 0.3) is 0 Å². The second-order valence-electron chi connectivity index (χ2n) is 6.45. The first-order chi connectivity index (χ1) is 7.86. The summed E-state index contributed by atoms with van der Waals surface area (Å²) in [6, 6.07) is 0. The van der Waals surface area contributed by atoms with E-state index in [0.29, 0.717) is 0 Å². The minimum Gasteiger partial charge on any atom is -0.317 e. The molecule has 92 valence electrons. The summed E-state index contributed by atoms with van der Waals surface area (Å²) in [5.74, 6) is 2.13. The van der Waals surface area contributed by atoms with Crippen molar-refractivity contribution in [2.75, 3.05) is 26.2 Å². The highest BCUT2D eigenvalue weighted by molar-refractivity contribution is 4.96. The van der Waals surface area contributed by atoms with Crippen molar-refractivity contribution in [3.05, 3.63) is 0 Å². The van der Waals surface area contributed by atoms with Crippen LogP contribution in [0.15, 0.2) is 0 Å². The SMILES string of the molecule is C1CC(CC2CC3(CCNCC3)C2)CCN1. The molecule has 0 aromatic heterocycles. The molecule has 0 radical (unpaired) electrons. The highest BCUT2D eigenvalue weighted by atomic mass is 14.9. The Morgan fingerprint density at radius 3 is 2.12 bits per heavy atom. The zero-order chi connectivity index (χ0) is 10.8. The second kappa shape index (κ2) is 4.66. The van der Waals surface area contributed by atoms with E-state index < -0.39 is 0 Å². The normalized spacial score (nSPS) is 31.5. The van der Waals surface area contributed by atoms with Crippen LogP contribution in [0, 0.1) is 17.3 Å². The number of nitrogens with one attached hydrogen (secondary N) is 2. The molecule has 2 nitrogen and oxygen atoms in total. The Labute approximate surface area is 99.6 Å². The van der Waals surface area contributed by atoms with Crippen molar-refractivity contribution >= 4 is 0 Å². The molecular weight excluding hydrogens is 196 g/mol. The van der Waals surface area contributed by atoms with Gasteiger partial charge in [-0.15, -0.1) is 0 Å². The molecule has 0 unspecified atom stereocenters. The number of piperidine rings is 2. The van der Waals surface area contributed by atoms with Crippen LogP contribution < -0.4 is 10.6 Å². The molecule has 3 rings (SSSR count). The zero-order valence-electron chi connectivity index (χ0n) is 10.4. The van der Waals surface area contributed by atoms with Crippen LogP contribution in [0.2, 0.25) is 0 Å². The van der Waals surface area contributed by atoms with Gasteiger partial charge in [0.1, 0.15) is 0 Å². The Bertz CT molecular complexity index is 216. The fraction of sp³-hybridized carbons (Fsp3) is 1.00. The lowest BCUT2D eigenvalue weighted by Crippen LogP contribution is -2.46. The molecule has 2 heteroatoms. The third-order valence-corrected chi connectivity index (χ3v) is 5.23. The molecule has 0 atom stereocenters. The highest BCUT2D eigenvalue weighted by Gasteiger charge is 2.44. The molecule has 0 amide bonds. The summed E-state index contributed by atoms with van der Waals surface area (Å²) >= 11 is 0. The number of hydrogen-bond donors (Lipinski definition) is 2. The molecule has 1 aliphatic carbocycles. The van der Waals surface area contributed by atoms with Gasteiger partial charge in [0, 0.05) is 0 Å². The molecule has 2 N–H and O–H groups in total. The molecule has 1 saturated carbocycles. The second-order valence-corrected chi connectivity index (χ2v) is 6.45. The van der Waals surface area contributed by atoms with Crippen LogP contribution in [0.1, 0.15) is 44.9 Å². The summed E-state index contributed by atoms with van der Waals surface area (Å²) in [4.78, 5) is 0. The summed E-state index contributed by atoms with van der Waals surface area (Å²) in [6.07, 6.45) is 10.4. The lowest BCUT2D eigenvalue weighted by molar-refractivity contribution is 0.00692. The van der Waals surface area contributed by atoms with Gasteiger partial charge in [0.15, 0.2) is 0 Å². The van der Waals surface area contributed by atoms with E-state index in [2.05, 4.69) is 10.6 Å². The average Bonchev–Trinajstić information content (AvgIpc) is 2.30. The van der Waals surface area contributed by atoms with Gasteiger partial charge >= 0.3 is 0 Å². The fourth-order valence-corrected chi connectivity index (χ4v) is 4.29. The Morgan fingerprint density at radius 2 is 1.44 bits per heavy atom. The van der Waals surface area contributed by atoms with Crippen molar-refractivity contribution in [1.29, 1.82) is 0 Å². The third kappa shape index (κ3) is 2.28. The van der Waals surface area contributed by atoms with Crippen molar-refractivity contribution in [2.24, 2.45) is 17.3 Å². The molecule has 3 aliphatic rings. The van der Waals surface area contributed by atoms with Gasteiger partial charge in [0.05, 0.1) is 0 Å². The van der Waals surface area contributed by atoms with Crippen LogP contribution in [0.3, 0.4) is 0 Å². The van der Waals surface area contributed by atoms with Gasteiger partial charge in [-0.1, -0.05) is 0 Å². The molecule has 16 heavy (non-hydrogen) atoms. The fourth-order valence-electron chi connectivity index (χ4n) is 4.29. The number of rotatable bonds is 2. The van der Waals surface area contributed by atoms with Crippen LogP contribution in [0.5, 0.6) is 0 Å². The summed E-state index contributed by atoms with van der Waals surface area (Å²) in [5, 5.41) is 6.97. The largest absolute Gasteiger partial charge is 0.317 e. The molecule has 1 spiro atoms. The maximum absolute atomic E-state index is 3.50. The Morgan fingerprint density at radius 1 is 0.812 bits per heavy atom. The maximum Gasteiger partial charge on any atom is -0.00436 e. The van der Waals surface area contributed by atoms with E-state index >= 15 is 0 Å². The van der Waals surface area contributed by atoms with Gasteiger partial charge in [0.2, 0.25) is 0 Å². The van der Waals surface area contributed by atoms with Gasteiger partial charge in [-0.2, -0.15) is 0 Å². The molecule has 0 aromatic rings. The molecule has 2 aliphatic heterocycles. The van der Waals surface area contributed by atoms with Gasteiger partial charge in [-0.25, -0.2) is 0 Å². The molecular formula is C14H26N2. The van der Waals surface area contributed by atoms with E-state index in [0.717, 1.165) is 17.3 Å². The van der Waals surface area contributed by atoms with Crippen LogP contribution in [0.4, 0.5) is 0 Å². The first-order valence-electron chi connectivity index (χ1n) is 7.28. The van der Waals surface area contributed by atoms with E-state index in [1.165, 1.54) is 58.3 Å². The molecule has 3 fully saturated rings. The first-order valence-corrected chi connectivity index (χ1v) is 7.28. The molecule has 0 bridgehead atoms. The van der Waals surface area contributed by atoms with E-state index in [9.17, 15) is 0 Å². The van der Waals surface area contributed by atoms with E-state index in [1.807, 2.05) is 0 Å². The van der Waals surface area contributed by atoms with E-state index in [-0.39, 0.29) is 0 Å². The topological polar surface area (TPSA) is 24.1 Å². The highest BCUT2D eigenvalue weighted by Crippen LogP contribution is 2.53. The monoisotopic (exact) mass is 222 g/mol. The summed E-state index contributed by atoms with van der Waals surface area (Å²) < 4.78 is 0. The quantitative estimate of drug-likeness (QED) is 0.748. The van der Waals surface area contributed by atoms with Crippen molar-refractivity contribution in [3.63, 3.8) is 0 Å². The average molecular weight is 222 g/mol. The molecule has 2 saturated heterocycles. The van der Waals surface area contributed by atoms with Gasteiger partial charge in [-0.3, -0.25) is 0 Å². The standard InChI is InChI=1S/C14H26N2/c1-5-15-6-2-12(1)9-13-10-14(11-13)3-7-16-8-4-14/h12-13,15-16H,1-11H2. The molecule has 0 aromatic carbocycles. The summed E-state index contributed by atoms with van der Waals surface area (Å²) in [5.41, 5.74) is 0.794. The van der Waals surface area contributed by atoms with Crippen molar-refractivity contribution in [3.8, 4) is 0 Å². The van der Waals surface area contributed by atoms with Crippen molar-refractivity contribution < 1.29 is 0 Å². The molecule has 2 heterocycles. The van der Waals surface area contributed by atoms with Crippen LogP contribution >= 0.6 is 0 Å². The van der Waals surface area contributed by atoms with Crippen LogP contribution in [-0.2, 0) is 0 Å². The predicted molar refractivity (Wildman–Crippen MR) is 67.5 cm³/mol. The smallest absolute Gasteiger partial charge is 0.00436 e. The van der Waals surface area contributed by atoms with E-state index in [1.54, 1.807) is 12.8 Å². The van der Waals surface area contributed by atoms with Crippen molar-refractivity contribution in [2.45, 2.75) is 44.9 Å². The maximum atomic E-state index is 3.50. The zero-order valence-corrected chi connectivity index (χ0v) is 10.4. The predicted octanol–water partition coefficient (Wildman–Crippen LogP) is 2.16.